The van der Waals surface area contributed by atoms with Crippen LogP contribution in [0.25, 0.3) is 0 Å². The number of allylic oxidation sites excluding steroid dienone is 6. The maximum absolute atomic E-state index is 12.8. The minimum Gasteiger partial charge on any atom is -0.462 e. The van der Waals surface area contributed by atoms with E-state index < -0.39 is 6.10 Å². The SMILES string of the molecule is CC\C=C/C=C\C=C/CCCCCCCCCC(=O)OCC(COC(=O)CCCCCCCCCCCCCCC)OC(=O)CCCCCCCCCCCCCCC. The summed E-state index contributed by atoms with van der Waals surface area (Å²) in [5.74, 6) is -0.873. The van der Waals surface area contributed by atoms with Crippen LogP contribution in [0.5, 0.6) is 0 Å². The smallest absolute Gasteiger partial charge is 0.306 e. The molecule has 0 heterocycles. The Hall–Kier alpha value is -2.37. The molecule has 0 aromatic heterocycles. The van der Waals surface area contributed by atoms with Crippen LogP contribution in [-0.2, 0) is 28.6 Å². The lowest BCUT2D eigenvalue weighted by molar-refractivity contribution is -0.167. The van der Waals surface area contributed by atoms with Crippen LogP contribution < -0.4 is 0 Å². The number of rotatable bonds is 46. The molecule has 0 aliphatic carbocycles. The largest absolute Gasteiger partial charge is 0.462 e. The summed E-state index contributed by atoms with van der Waals surface area (Å²) in [6.45, 7) is 6.52. The van der Waals surface area contributed by atoms with E-state index in [1.807, 2.05) is 0 Å². The van der Waals surface area contributed by atoms with E-state index in [0.717, 1.165) is 70.6 Å². The standard InChI is InChI=1S/C53H96O6/c1-4-7-10-13-16-19-22-25-26-29-31-34-37-40-43-46-52(55)58-49-50(59-53(56)47-44-41-38-35-32-28-24-21-18-15-12-9-6-3)48-57-51(54)45-42-39-36-33-30-27-23-20-17-14-11-8-5-2/h7,10,13,16,19,22,50H,4-6,8-9,11-12,14-15,17-18,20-21,23-49H2,1-3H3/b10-7-,16-13-,22-19-. The third-order valence-electron chi connectivity index (χ3n) is 11.2. The van der Waals surface area contributed by atoms with Crippen molar-refractivity contribution in [3.63, 3.8) is 0 Å². The van der Waals surface area contributed by atoms with Crippen LogP contribution >= 0.6 is 0 Å². The first-order valence-electron chi connectivity index (χ1n) is 25.5. The molecule has 6 heteroatoms. The highest BCUT2D eigenvalue weighted by molar-refractivity contribution is 5.71. The number of hydrogen-bond donors (Lipinski definition) is 0. The van der Waals surface area contributed by atoms with Crippen molar-refractivity contribution in [3.05, 3.63) is 36.5 Å². The highest BCUT2D eigenvalue weighted by Crippen LogP contribution is 2.16. The van der Waals surface area contributed by atoms with Crippen molar-refractivity contribution in [1.82, 2.24) is 0 Å². The first-order valence-corrected chi connectivity index (χ1v) is 25.5. The predicted molar refractivity (Wildman–Crippen MR) is 252 cm³/mol. The molecule has 0 saturated carbocycles. The fourth-order valence-corrected chi connectivity index (χ4v) is 7.38. The number of ether oxygens (including phenoxy) is 3. The minimum absolute atomic E-state index is 0.0717. The molecule has 6 nitrogen and oxygen atoms in total. The summed E-state index contributed by atoms with van der Waals surface area (Å²) in [5, 5.41) is 0. The van der Waals surface area contributed by atoms with Crippen LogP contribution in [0.15, 0.2) is 36.5 Å². The second-order valence-electron chi connectivity index (χ2n) is 17.1. The number of esters is 3. The quantitative estimate of drug-likeness (QED) is 0.0263. The average Bonchev–Trinajstić information content (AvgIpc) is 3.23. The molecule has 1 atom stereocenters. The highest BCUT2D eigenvalue weighted by atomic mass is 16.6. The van der Waals surface area contributed by atoms with Gasteiger partial charge in [0.1, 0.15) is 13.2 Å². The minimum atomic E-state index is -0.771. The second kappa shape index (κ2) is 48.3. The topological polar surface area (TPSA) is 78.9 Å². The van der Waals surface area contributed by atoms with Gasteiger partial charge in [0.25, 0.3) is 0 Å². The van der Waals surface area contributed by atoms with E-state index in [9.17, 15) is 14.4 Å². The molecule has 0 radical (unpaired) electrons. The van der Waals surface area contributed by atoms with Gasteiger partial charge >= 0.3 is 17.9 Å². The van der Waals surface area contributed by atoms with Crippen LogP contribution in [0, 0.1) is 0 Å². The number of carbonyl (C=O) groups is 3. The van der Waals surface area contributed by atoms with E-state index >= 15 is 0 Å². The Morgan fingerprint density at radius 2 is 0.661 bits per heavy atom. The van der Waals surface area contributed by atoms with Crippen LogP contribution in [0.4, 0.5) is 0 Å². The van der Waals surface area contributed by atoms with Gasteiger partial charge < -0.3 is 14.2 Å². The van der Waals surface area contributed by atoms with Gasteiger partial charge in [-0.2, -0.15) is 0 Å². The molecule has 344 valence electrons. The molecule has 0 bridgehead atoms. The Labute approximate surface area is 365 Å². The average molecular weight is 829 g/mol. The van der Waals surface area contributed by atoms with Crippen LogP contribution in [0.3, 0.4) is 0 Å². The Morgan fingerprint density at radius 3 is 1.02 bits per heavy atom. The Balaban J connectivity index is 4.36. The maximum atomic E-state index is 12.8. The molecule has 0 aromatic carbocycles. The molecule has 0 amide bonds. The predicted octanol–water partition coefficient (Wildman–Crippen LogP) is 16.5. The lowest BCUT2D eigenvalue weighted by atomic mass is 10.0. The van der Waals surface area contributed by atoms with Gasteiger partial charge in [-0.25, -0.2) is 0 Å². The van der Waals surface area contributed by atoms with E-state index in [1.54, 1.807) is 0 Å². The van der Waals surface area contributed by atoms with E-state index in [0.29, 0.717) is 19.3 Å². The number of carbonyl (C=O) groups excluding carboxylic acids is 3. The van der Waals surface area contributed by atoms with E-state index in [4.69, 9.17) is 14.2 Å². The lowest BCUT2D eigenvalue weighted by Crippen LogP contribution is -2.30. The lowest BCUT2D eigenvalue weighted by Gasteiger charge is -2.18. The van der Waals surface area contributed by atoms with Crippen molar-refractivity contribution in [2.45, 2.75) is 271 Å². The molecule has 0 rings (SSSR count). The first kappa shape index (κ1) is 56.6. The van der Waals surface area contributed by atoms with Gasteiger partial charge in [0, 0.05) is 19.3 Å². The van der Waals surface area contributed by atoms with Gasteiger partial charge in [-0.3, -0.25) is 14.4 Å². The molecule has 0 N–H and O–H groups in total. The zero-order valence-corrected chi connectivity index (χ0v) is 39.3. The van der Waals surface area contributed by atoms with Crippen molar-refractivity contribution in [2.24, 2.45) is 0 Å². The van der Waals surface area contributed by atoms with Crippen molar-refractivity contribution in [1.29, 1.82) is 0 Å². The third-order valence-corrected chi connectivity index (χ3v) is 11.2. The molecule has 0 spiro atoms. The Bertz CT molecular complexity index is 1000. The molecule has 0 aliphatic heterocycles. The summed E-state index contributed by atoms with van der Waals surface area (Å²) in [7, 11) is 0. The summed E-state index contributed by atoms with van der Waals surface area (Å²) in [4.78, 5) is 37.9. The monoisotopic (exact) mass is 829 g/mol. The van der Waals surface area contributed by atoms with Crippen molar-refractivity contribution >= 4 is 17.9 Å². The van der Waals surface area contributed by atoms with Gasteiger partial charge in [-0.1, -0.05) is 243 Å². The number of unbranched alkanes of at least 4 members (excludes halogenated alkanes) is 31. The van der Waals surface area contributed by atoms with Crippen molar-refractivity contribution in [3.8, 4) is 0 Å². The normalized spacial score (nSPS) is 12.3. The molecule has 0 aromatic rings. The maximum Gasteiger partial charge on any atom is 0.306 e. The zero-order valence-electron chi connectivity index (χ0n) is 39.3. The molecule has 59 heavy (non-hydrogen) atoms. The van der Waals surface area contributed by atoms with Crippen LogP contribution in [0.2, 0.25) is 0 Å². The van der Waals surface area contributed by atoms with Gasteiger partial charge in [0.2, 0.25) is 0 Å². The van der Waals surface area contributed by atoms with Crippen LogP contribution in [0.1, 0.15) is 265 Å². The summed E-state index contributed by atoms with van der Waals surface area (Å²) < 4.78 is 16.8. The van der Waals surface area contributed by atoms with E-state index in [1.165, 1.54) is 154 Å². The van der Waals surface area contributed by atoms with Crippen molar-refractivity contribution < 1.29 is 28.6 Å². The van der Waals surface area contributed by atoms with E-state index in [2.05, 4.69) is 57.2 Å². The molecular weight excluding hydrogens is 733 g/mol. The first-order chi connectivity index (χ1) is 29.0. The van der Waals surface area contributed by atoms with Crippen LogP contribution in [-0.4, -0.2) is 37.2 Å². The second-order valence-corrected chi connectivity index (χ2v) is 17.1. The fraction of sp³-hybridized carbons (Fsp3) is 0.830. The summed E-state index contributed by atoms with van der Waals surface area (Å²) in [6, 6.07) is 0. The van der Waals surface area contributed by atoms with Gasteiger partial charge in [-0.15, -0.1) is 0 Å². The van der Waals surface area contributed by atoms with Gasteiger partial charge in [0.05, 0.1) is 0 Å². The molecule has 0 fully saturated rings. The highest BCUT2D eigenvalue weighted by Gasteiger charge is 2.19. The molecule has 1 unspecified atom stereocenters. The Kier molecular flexibility index (Phi) is 46.4. The molecule has 0 aliphatic rings. The zero-order chi connectivity index (χ0) is 43.0. The summed E-state index contributed by atoms with van der Waals surface area (Å²) >= 11 is 0. The fourth-order valence-electron chi connectivity index (χ4n) is 7.38. The molecular formula is C53H96O6. The van der Waals surface area contributed by atoms with E-state index in [-0.39, 0.29) is 31.1 Å². The third kappa shape index (κ3) is 46.5. The summed E-state index contributed by atoms with van der Waals surface area (Å²) in [6.07, 6.45) is 55.5. The number of hydrogen-bond acceptors (Lipinski definition) is 6. The van der Waals surface area contributed by atoms with Gasteiger partial charge in [-0.05, 0) is 38.5 Å². The van der Waals surface area contributed by atoms with Crippen molar-refractivity contribution in [2.75, 3.05) is 13.2 Å². The Morgan fingerprint density at radius 1 is 0.356 bits per heavy atom. The summed E-state index contributed by atoms with van der Waals surface area (Å²) in [5.41, 5.74) is 0. The van der Waals surface area contributed by atoms with Gasteiger partial charge in [0.15, 0.2) is 6.10 Å². The molecule has 0 saturated heterocycles.